The Labute approximate surface area is 138 Å². The van der Waals surface area contributed by atoms with E-state index in [1.807, 2.05) is 24.3 Å². The van der Waals surface area contributed by atoms with Gasteiger partial charge in [0.25, 0.3) is 0 Å². The maximum Gasteiger partial charge on any atom is 0.224 e. The Morgan fingerprint density at radius 2 is 1.61 bits per heavy atom. The number of amides is 1. The van der Waals surface area contributed by atoms with E-state index >= 15 is 0 Å². The van der Waals surface area contributed by atoms with Crippen LogP contribution in [0, 0.1) is 0 Å². The van der Waals surface area contributed by atoms with Gasteiger partial charge >= 0.3 is 0 Å². The van der Waals surface area contributed by atoms with Crippen LogP contribution in [-0.4, -0.2) is 19.6 Å². The molecule has 2 rings (SSSR count). The Morgan fingerprint density at radius 3 is 2.17 bits per heavy atom. The Kier molecular flexibility index (Phi) is 6.21. The molecule has 0 atom stereocenters. The van der Waals surface area contributed by atoms with Crippen molar-refractivity contribution in [1.82, 2.24) is 5.32 Å². The molecule has 2 aromatic carbocycles. The number of hydrogen-bond acceptors (Lipinski definition) is 2. The molecule has 3 heteroatoms. The number of nitrogens with one attached hydrogen (secondary N) is 1. The second-order valence-electron chi connectivity index (χ2n) is 6.02. The van der Waals surface area contributed by atoms with Gasteiger partial charge in [-0.15, -0.1) is 0 Å². The summed E-state index contributed by atoms with van der Waals surface area (Å²) in [5.41, 5.74) is 3.58. The number of carbonyl (C=O) groups is 1. The monoisotopic (exact) mass is 311 g/mol. The average Bonchev–Trinajstić information content (AvgIpc) is 2.56. The van der Waals surface area contributed by atoms with E-state index in [0.29, 0.717) is 18.9 Å². The van der Waals surface area contributed by atoms with E-state index in [9.17, 15) is 4.79 Å². The standard InChI is InChI=1S/C20H25NO2/c1-15(2)18-8-4-16(5-9-18)12-13-21-20(22)14-17-6-10-19(23-3)11-7-17/h4-11,15H,12-14H2,1-3H3,(H,21,22). The zero-order valence-electron chi connectivity index (χ0n) is 14.1. The van der Waals surface area contributed by atoms with Crippen molar-refractivity contribution in [1.29, 1.82) is 0 Å². The van der Waals surface area contributed by atoms with Gasteiger partial charge in [0.2, 0.25) is 5.91 Å². The fraction of sp³-hybridized carbons (Fsp3) is 0.350. The summed E-state index contributed by atoms with van der Waals surface area (Å²) in [4.78, 5) is 12.0. The summed E-state index contributed by atoms with van der Waals surface area (Å²) in [6.07, 6.45) is 1.25. The van der Waals surface area contributed by atoms with Crippen LogP contribution in [0.4, 0.5) is 0 Å². The molecule has 0 saturated carbocycles. The van der Waals surface area contributed by atoms with Crippen LogP contribution in [0.15, 0.2) is 48.5 Å². The molecule has 0 bridgehead atoms. The van der Waals surface area contributed by atoms with E-state index < -0.39 is 0 Å². The highest BCUT2D eigenvalue weighted by Gasteiger charge is 2.04. The molecule has 2 aromatic rings. The fourth-order valence-electron chi connectivity index (χ4n) is 2.41. The van der Waals surface area contributed by atoms with Gasteiger partial charge in [0.15, 0.2) is 0 Å². The lowest BCUT2D eigenvalue weighted by molar-refractivity contribution is -0.120. The Morgan fingerprint density at radius 1 is 1.00 bits per heavy atom. The van der Waals surface area contributed by atoms with Crippen molar-refractivity contribution in [3.8, 4) is 5.75 Å². The zero-order chi connectivity index (χ0) is 16.7. The van der Waals surface area contributed by atoms with E-state index in [1.54, 1.807) is 7.11 Å². The minimum absolute atomic E-state index is 0.0500. The van der Waals surface area contributed by atoms with Gasteiger partial charge in [-0.05, 0) is 41.2 Å². The first-order valence-corrected chi connectivity index (χ1v) is 8.07. The Bertz CT molecular complexity index is 615. The first-order valence-electron chi connectivity index (χ1n) is 8.07. The Hall–Kier alpha value is -2.29. The number of carbonyl (C=O) groups excluding carboxylic acids is 1. The molecule has 122 valence electrons. The van der Waals surface area contributed by atoms with E-state index in [0.717, 1.165) is 17.7 Å². The number of benzene rings is 2. The minimum atomic E-state index is 0.0500. The van der Waals surface area contributed by atoms with Crippen LogP contribution in [0.1, 0.15) is 36.5 Å². The quantitative estimate of drug-likeness (QED) is 0.846. The van der Waals surface area contributed by atoms with E-state index in [-0.39, 0.29) is 5.91 Å². The molecule has 0 saturated heterocycles. The van der Waals surface area contributed by atoms with E-state index in [1.165, 1.54) is 11.1 Å². The van der Waals surface area contributed by atoms with Crippen LogP contribution in [0.2, 0.25) is 0 Å². The number of methoxy groups -OCH3 is 1. The number of rotatable bonds is 7. The number of ether oxygens (including phenoxy) is 1. The summed E-state index contributed by atoms with van der Waals surface area (Å²) in [6.45, 7) is 5.04. The molecule has 0 aliphatic rings. The second kappa shape index (κ2) is 8.37. The second-order valence-corrected chi connectivity index (χ2v) is 6.02. The summed E-state index contributed by atoms with van der Waals surface area (Å²) in [7, 11) is 1.63. The van der Waals surface area contributed by atoms with Crippen LogP contribution in [0.5, 0.6) is 5.75 Å². The molecule has 1 amide bonds. The van der Waals surface area contributed by atoms with Crippen LogP contribution in [0.25, 0.3) is 0 Å². The van der Waals surface area contributed by atoms with Crippen molar-refractivity contribution in [2.45, 2.75) is 32.6 Å². The third-order valence-corrected chi connectivity index (χ3v) is 3.91. The maximum absolute atomic E-state index is 12.0. The molecule has 0 aliphatic carbocycles. The topological polar surface area (TPSA) is 38.3 Å². The van der Waals surface area contributed by atoms with Crippen LogP contribution < -0.4 is 10.1 Å². The molecule has 0 aromatic heterocycles. The van der Waals surface area contributed by atoms with Gasteiger partial charge in [0, 0.05) is 6.54 Å². The van der Waals surface area contributed by atoms with Gasteiger partial charge in [-0.2, -0.15) is 0 Å². The molecular weight excluding hydrogens is 286 g/mol. The highest BCUT2D eigenvalue weighted by Crippen LogP contribution is 2.15. The fourth-order valence-corrected chi connectivity index (χ4v) is 2.41. The van der Waals surface area contributed by atoms with Crippen molar-refractivity contribution in [2.24, 2.45) is 0 Å². The lowest BCUT2D eigenvalue weighted by Gasteiger charge is -2.08. The highest BCUT2D eigenvalue weighted by molar-refractivity contribution is 5.78. The zero-order valence-corrected chi connectivity index (χ0v) is 14.1. The molecule has 1 N–H and O–H groups in total. The maximum atomic E-state index is 12.0. The first-order chi connectivity index (χ1) is 11.1. The molecule has 0 radical (unpaired) electrons. The van der Waals surface area contributed by atoms with Gasteiger partial charge in [-0.3, -0.25) is 4.79 Å². The van der Waals surface area contributed by atoms with Crippen molar-refractivity contribution in [3.05, 3.63) is 65.2 Å². The Balaban J connectivity index is 1.75. The van der Waals surface area contributed by atoms with Gasteiger partial charge < -0.3 is 10.1 Å². The third kappa shape index (κ3) is 5.44. The van der Waals surface area contributed by atoms with E-state index in [4.69, 9.17) is 4.74 Å². The predicted octanol–water partition coefficient (Wildman–Crippen LogP) is 3.72. The average molecular weight is 311 g/mol. The third-order valence-electron chi connectivity index (χ3n) is 3.91. The van der Waals surface area contributed by atoms with Crippen molar-refractivity contribution in [3.63, 3.8) is 0 Å². The van der Waals surface area contributed by atoms with Gasteiger partial charge in [-0.1, -0.05) is 50.2 Å². The predicted molar refractivity (Wildman–Crippen MR) is 93.9 cm³/mol. The SMILES string of the molecule is COc1ccc(CC(=O)NCCc2ccc(C(C)C)cc2)cc1. The molecular formula is C20H25NO2. The molecule has 0 spiro atoms. The largest absolute Gasteiger partial charge is 0.497 e. The first kappa shape index (κ1) is 17.1. The molecule has 0 heterocycles. The lowest BCUT2D eigenvalue weighted by Crippen LogP contribution is -2.27. The minimum Gasteiger partial charge on any atom is -0.497 e. The van der Waals surface area contributed by atoms with Crippen LogP contribution in [-0.2, 0) is 17.6 Å². The lowest BCUT2D eigenvalue weighted by atomic mass is 10.0. The molecule has 23 heavy (non-hydrogen) atoms. The van der Waals surface area contributed by atoms with Crippen molar-refractivity contribution in [2.75, 3.05) is 13.7 Å². The molecule has 3 nitrogen and oxygen atoms in total. The molecule has 0 unspecified atom stereocenters. The van der Waals surface area contributed by atoms with Gasteiger partial charge in [0.1, 0.15) is 5.75 Å². The summed E-state index contributed by atoms with van der Waals surface area (Å²) in [5, 5.41) is 2.98. The summed E-state index contributed by atoms with van der Waals surface area (Å²) in [6, 6.07) is 16.2. The van der Waals surface area contributed by atoms with Crippen LogP contribution >= 0.6 is 0 Å². The summed E-state index contributed by atoms with van der Waals surface area (Å²) >= 11 is 0. The molecule has 0 fully saturated rings. The van der Waals surface area contributed by atoms with Gasteiger partial charge in [0.05, 0.1) is 13.5 Å². The van der Waals surface area contributed by atoms with Crippen LogP contribution in [0.3, 0.4) is 0 Å². The molecule has 0 aliphatic heterocycles. The van der Waals surface area contributed by atoms with Gasteiger partial charge in [-0.25, -0.2) is 0 Å². The summed E-state index contributed by atoms with van der Waals surface area (Å²) in [5.74, 6) is 1.40. The smallest absolute Gasteiger partial charge is 0.224 e. The van der Waals surface area contributed by atoms with Crippen molar-refractivity contribution < 1.29 is 9.53 Å². The number of hydrogen-bond donors (Lipinski definition) is 1. The van der Waals surface area contributed by atoms with E-state index in [2.05, 4.69) is 43.4 Å². The summed E-state index contributed by atoms with van der Waals surface area (Å²) < 4.78 is 5.11. The highest BCUT2D eigenvalue weighted by atomic mass is 16.5. The van der Waals surface area contributed by atoms with Crippen molar-refractivity contribution >= 4 is 5.91 Å². The normalized spacial score (nSPS) is 10.6.